The number of rotatable bonds is 5. The number of H-pyrrole nitrogens is 1. The Morgan fingerprint density at radius 3 is 2.34 bits per heavy atom. The highest BCUT2D eigenvalue weighted by Crippen LogP contribution is 2.37. The SMILES string of the molecule is Cc1n[nH]c(C(F)(F)F)c1NC(=O)c1cc(F)c(-c2ccc(F)c(N)n2)cc1OC(C)C(F)(F)F. The molecule has 7 nitrogen and oxygen atoms in total. The van der Waals surface area contributed by atoms with Crippen molar-refractivity contribution in [3.63, 3.8) is 0 Å². The third kappa shape index (κ3) is 5.44. The molecule has 4 N–H and O–H groups in total. The van der Waals surface area contributed by atoms with Crippen LogP contribution >= 0.6 is 0 Å². The van der Waals surface area contributed by atoms with Gasteiger partial charge in [0.05, 0.1) is 22.6 Å². The Hall–Kier alpha value is -3.91. The summed E-state index contributed by atoms with van der Waals surface area (Å²) < 4.78 is 112. The predicted octanol–water partition coefficient (Wildman–Crippen LogP) is 5.24. The van der Waals surface area contributed by atoms with E-state index in [1.807, 2.05) is 5.32 Å². The van der Waals surface area contributed by atoms with Gasteiger partial charge in [-0.15, -0.1) is 0 Å². The van der Waals surface area contributed by atoms with Crippen molar-refractivity contribution in [3.05, 3.63) is 52.9 Å². The first-order valence-corrected chi connectivity index (χ1v) is 9.52. The van der Waals surface area contributed by atoms with E-state index in [1.165, 1.54) is 0 Å². The molecule has 0 aliphatic carbocycles. The third-order valence-electron chi connectivity index (χ3n) is 4.70. The second-order valence-electron chi connectivity index (χ2n) is 7.20. The number of carbonyl (C=O) groups excluding carboxylic acids is 1. The summed E-state index contributed by atoms with van der Waals surface area (Å²) in [7, 11) is 0. The van der Waals surface area contributed by atoms with Gasteiger partial charge in [-0.25, -0.2) is 13.8 Å². The van der Waals surface area contributed by atoms with E-state index < -0.39 is 70.1 Å². The summed E-state index contributed by atoms with van der Waals surface area (Å²) in [6.07, 6.45) is -12.4. The lowest BCUT2D eigenvalue weighted by atomic mass is 10.0. The number of alkyl halides is 6. The number of hydrogen-bond acceptors (Lipinski definition) is 5. The smallest absolute Gasteiger partial charge is 0.434 e. The first-order chi connectivity index (χ1) is 16.1. The number of nitrogens with two attached hydrogens (primary N) is 1. The second-order valence-corrected chi connectivity index (χ2v) is 7.20. The number of benzene rings is 1. The van der Waals surface area contributed by atoms with Crippen molar-refractivity contribution in [2.24, 2.45) is 0 Å². The lowest BCUT2D eigenvalue weighted by molar-refractivity contribution is -0.189. The zero-order valence-electron chi connectivity index (χ0n) is 17.7. The van der Waals surface area contributed by atoms with Crippen LogP contribution in [0.5, 0.6) is 5.75 Å². The van der Waals surface area contributed by atoms with Crippen molar-refractivity contribution >= 4 is 17.4 Å². The number of carbonyl (C=O) groups is 1. The molecule has 188 valence electrons. The number of halogens is 8. The maximum absolute atomic E-state index is 14.9. The number of anilines is 2. The lowest BCUT2D eigenvalue weighted by Crippen LogP contribution is -2.32. The third-order valence-corrected chi connectivity index (χ3v) is 4.70. The highest BCUT2D eigenvalue weighted by molar-refractivity contribution is 6.07. The van der Waals surface area contributed by atoms with Crippen LogP contribution in [0.1, 0.15) is 28.7 Å². The molecule has 0 bridgehead atoms. The van der Waals surface area contributed by atoms with E-state index in [2.05, 4.69) is 10.1 Å². The molecule has 35 heavy (non-hydrogen) atoms. The Balaban J connectivity index is 2.11. The maximum Gasteiger partial charge on any atom is 0.434 e. The van der Waals surface area contributed by atoms with E-state index in [4.69, 9.17) is 10.5 Å². The Morgan fingerprint density at radius 1 is 1.11 bits per heavy atom. The number of amides is 1. The van der Waals surface area contributed by atoms with Gasteiger partial charge in [-0.2, -0.15) is 31.4 Å². The standard InChI is InChI=1S/C20H15F8N5O2/c1-7-15(16(33-32-7)20(26,27)28)31-18(34)10-5-12(22)9(13-4-3-11(21)17(29)30-13)6-14(10)35-8(2)19(23,24)25/h3-6,8H,1-2H3,(H2,29,30)(H,31,34)(H,32,33). The Kier molecular flexibility index (Phi) is 6.64. The van der Waals surface area contributed by atoms with Crippen molar-refractivity contribution in [1.29, 1.82) is 0 Å². The van der Waals surface area contributed by atoms with Crippen LogP contribution in [0.2, 0.25) is 0 Å². The minimum atomic E-state index is -4.96. The molecule has 0 fully saturated rings. The molecular weight excluding hydrogens is 494 g/mol. The molecule has 1 amide bonds. The number of aryl methyl sites for hydroxylation is 1. The summed E-state index contributed by atoms with van der Waals surface area (Å²) in [6.45, 7) is 1.72. The molecule has 2 heterocycles. The van der Waals surface area contributed by atoms with Crippen LogP contribution in [-0.4, -0.2) is 33.4 Å². The second kappa shape index (κ2) is 9.03. The van der Waals surface area contributed by atoms with Crippen LogP contribution in [0.4, 0.5) is 46.6 Å². The lowest BCUT2D eigenvalue weighted by Gasteiger charge is -2.21. The minimum absolute atomic E-state index is 0.292. The van der Waals surface area contributed by atoms with E-state index in [9.17, 15) is 39.9 Å². The molecule has 3 rings (SSSR count). The van der Waals surface area contributed by atoms with Gasteiger partial charge in [-0.3, -0.25) is 9.89 Å². The largest absolute Gasteiger partial charge is 0.480 e. The molecule has 1 unspecified atom stereocenters. The molecule has 1 aromatic carbocycles. The minimum Gasteiger partial charge on any atom is -0.480 e. The Morgan fingerprint density at radius 2 is 1.77 bits per heavy atom. The van der Waals surface area contributed by atoms with Gasteiger partial charge in [-0.1, -0.05) is 0 Å². The number of nitrogens with zero attached hydrogens (tertiary/aromatic N) is 2. The number of ether oxygens (including phenoxy) is 1. The molecule has 0 aliphatic heterocycles. The molecule has 2 aromatic heterocycles. The zero-order valence-corrected chi connectivity index (χ0v) is 17.7. The molecule has 0 aliphatic rings. The fraction of sp³-hybridized carbons (Fsp3) is 0.250. The topological polar surface area (TPSA) is 106 Å². The first kappa shape index (κ1) is 25.7. The van der Waals surface area contributed by atoms with E-state index in [0.29, 0.717) is 19.1 Å². The normalized spacial score (nSPS) is 13.0. The quantitative estimate of drug-likeness (QED) is 0.408. The van der Waals surface area contributed by atoms with Crippen LogP contribution in [0.25, 0.3) is 11.3 Å². The van der Waals surface area contributed by atoms with Crippen LogP contribution in [0, 0.1) is 18.6 Å². The number of nitrogen functional groups attached to an aromatic ring is 1. The summed E-state index contributed by atoms with van der Waals surface area (Å²) in [5.41, 5.74) is 1.15. The summed E-state index contributed by atoms with van der Waals surface area (Å²) in [5.74, 6) is -5.04. The van der Waals surface area contributed by atoms with Crippen molar-refractivity contribution in [1.82, 2.24) is 15.2 Å². The highest BCUT2D eigenvalue weighted by atomic mass is 19.4. The zero-order chi connectivity index (χ0) is 26.3. The average molecular weight is 509 g/mol. The maximum atomic E-state index is 14.9. The average Bonchev–Trinajstić information content (AvgIpc) is 3.11. The van der Waals surface area contributed by atoms with Gasteiger partial charge in [0.15, 0.2) is 23.4 Å². The molecule has 3 aromatic rings. The van der Waals surface area contributed by atoms with Crippen LogP contribution in [-0.2, 0) is 6.18 Å². The molecule has 0 saturated heterocycles. The molecule has 1 atom stereocenters. The van der Waals surface area contributed by atoms with Crippen molar-refractivity contribution in [2.75, 3.05) is 11.1 Å². The summed E-state index contributed by atoms with van der Waals surface area (Å²) in [6, 6.07) is 2.94. The van der Waals surface area contributed by atoms with E-state index in [1.54, 1.807) is 5.10 Å². The summed E-state index contributed by atoms with van der Waals surface area (Å²) >= 11 is 0. The van der Waals surface area contributed by atoms with Gasteiger partial charge < -0.3 is 15.8 Å². The number of aromatic nitrogens is 3. The van der Waals surface area contributed by atoms with Crippen LogP contribution in [0.15, 0.2) is 24.3 Å². The van der Waals surface area contributed by atoms with E-state index in [0.717, 1.165) is 19.1 Å². The fourth-order valence-electron chi connectivity index (χ4n) is 2.86. The monoisotopic (exact) mass is 509 g/mol. The molecule has 0 radical (unpaired) electrons. The highest BCUT2D eigenvalue weighted by Gasteiger charge is 2.40. The van der Waals surface area contributed by atoms with Crippen molar-refractivity contribution < 1.29 is 44.7 Å². The van der Waals surface area contributed by atoms with Gasteiger partial charge in [0.25, 0.3) is 5.91 Å². The Bertz CT molecular complexity index is 1270. The van der Waals surface area contributed by atoms with Gasteiger partial charge in [0.2, 0.25) is 0 Å². The predicted molar refractivity (Wildman–Crippen MR) is 106 cm³/mol. The van der Waals surface area contributed by atoms with Gasteiger partial charge >= 0.3 is 12.4 Å². The van der Waals surface area contributed by atoms with Gasteiger partial charge in [0, 0.05) is 5.56 Å². The fourth-order valence-corrected chi connectivity index (χ4v) is 2.86. The van der Waals surface area contributed by atoms with Gasteiger partial charge in [-0.05, 0) is 38.1 Å². The molecule has 0 saturated carbocycles. The first-order valence-electron chi connectivity index (χ1n) is 9.52. The number of pyridine rings is 1. The van der Waals surface area contributed by atoms with Crippen LogP contribution in [0.3, 0.4) is 0 Å². The summed E-state index contributed by atoms with van der Waals surface area (Å²) in [5, 5.41) is 6.92. The number of nitrogens with one attached hydrogen (secondary N) is 2. The van der Waals surface area contributed by atoms with Crippen molar-refractivity contribution in [3.8, 4) is 17.0 Å². The molecule has 0 spiro atoms. The summed E-state index contributed by atoms with van der Waals surface area (Å²) in [4.78, 5) is 16.4. The number of aromatic amines is 1. The van der Waals surface area contributed by atoms with E-state index >= 15 is 0 Å². The Labute approximate surface area is 191 Å². The van der Waals surface area contributed by atoms with E-state index in [-0.39, 0.29) is 11.4 Å². The molecular formula is C20H15F8N5O2. The van der Waals surface area contributed by atoms with Crippen molar-refractivity contribution in [2.45, 2.75) is 32.3 Å². The van der Waals surface area contributed by atoms with Crippen LogP contribution < -0.4 is 15.8 Å². The van der Waals surface area contributed by atoms with Gasteiger partial charge in [0.1, 0.15) is 11.6 Å². The number of hydrogen-bond donors (Lipinski definition) is 3. The molecule has 15 heteroatoms.